The van der Waals surface area contributed by atoms with Gasteiger partial charge >= 0.3 is 5.97 Å². The summed E-state index contributed by atoms with van der Waals surface area (Å²) in [5.41, 5.74) is 0.570. The first-order valence-corrected chi connectivity index (χ1v) is 6.74. The molecule has 0 saturated heterocycles. The summed E-state index contributed by atoms with van der Waals surface area (Å²) >= 11 is 3.26. The van der Waals surface area contributed by atoms with Crippen molar-refractivity contribution in [1.29, 1.82) is 0 Å². The van der Waals surface area contributed by atoms with Gasteiger partial charge in [0.25, 0.3) is 0 Å². The lowest BCUT2D eigenvalue weighted by molar-refractivity contribution is -0.117. The summed E-state index contributed by atoms with van der Waals surface area (Å²) in [4.78, 5) is 22.5. The van der Waals surface area contributed by atoms with Crippen LogP contribution in [0.2, 0.25) is 0 Å². The Balaban J connectivity index is 2.58. The number of aromatic carboxylic acids is 1. The van der Waals surface area contributed by atoms with Gasteiger partial charge in [0.05, 0.1) is 24.3 Å². The van der Waals surface area contributed by atoms with Gasteiger partial charge < -0.3 is 15.2 Å². The van der Waals surface area contributed by atoms with Crippen molar-refractivity contribution in [3.05, 3.63) is 28.2 Å². The highest BCUT2D eigenvalue weighted by atomic mass is 79.9. The lowest BCUT2D eigenvalue weighted by Crippen LogP contribution is -2.15. The van der Waals surface area contributed by atoms with Crippen LogP contribution in [0.4, 0.5) is 5.69 Å². The summed E-state index contributed by atoms with van der Waals surface area (Å²) < 4.78 is 5.86. The maximum absolute atomic E-state index is 11.6. The zero-order valence-corrected chi connectivity index (χ0v) is 12.2. The van der Waals surface area contributed by atoms with E-state index in [0.717, 1.165) is 6.42 Å². The van der Waals surface area contributed by atoms with Gasteiger partial charge in [-0.25, -0.2) is 4.79 Å². The summed E-state index contributed by atoms with van der Waals surface area (Å²) in [5, 5.41) is 11.5. The first-order valence-electron chi connectivity index (χ1n) is 5.95. The highest BCUT2D eigenvalue weighted by molar-refractivity contribution is 9.10. The van der Waals surface area contributed by atoms with E-state index in [-0.39, 0.29) is 17.9 Å². The van der Waals surface area contributed by atoms with Crippen LogP contribution < -0.4 is 5.32 Å². The van der Waals surface area contributed by atoms with Crippen molar-refractivity contribution in [2.45, 2.75) is 19.8 Å². The molecule has 0 spiro atoms. The van der Waals surface area contributed by atoms with Crippen LogP contribution >= 0.6 is 15.9 Å². The summed E-state index contributed by atoms with van der Waals surface area (Å²) in [6.45, 7) is 2.98. The molecular weight excluding hydrogens is 314 g/mol. The van der Waals surface area contributed by atoms with Crippen molar-refractivity contribution in [1.82, 2.24) is 0 Å². The van der Waals surface area contributed by atoms with E-state index in [4.69, 9.17) is 9.84 Å². The number of hydrogen-bond acceptors (Lipinski definition) is 3. The molecule has 0 aliphatic heterocycles. The number of halogens is 1. The number of benzene rings is 1. The van der Waals surface area contributed by atoms with Crippen LogP contribution in [0.15, 0.2) is 22.7 Å². The molecule has 1 amide bonds. The van der Waals surface area contributed by atoms with Crippen LogP contribution in [-0.4, -0.2) is 30.2 Å². The standard InChI is InChI=1S/C13H16BrNO4/c1-2-6-19-7-5-12(16)15-11-8-9(13(17)18)3-4-10(11)14/h3-4,8H,2,5-7H2,1H3,(H,15,16)(H,17,18). The van der Waals surface area contributed by atoms with Gasteiger partial charge in [-0.05, 0) is 40.5 Å². The first kappa shape index (κ1) is 15.7. The molecule has 0 atom stereocenters. The molecule has 1 rings (SSSR count). The third-order valence-corrected chi connectivity index (χ3v) is 3.00. The predicted molar refractivity (Wildman–Crippen MR) is 75.5 cm³/mol. The topological polar surface area (TPSA) is 75.6 Å². The minimum Gasteiger partial charge on any atom is -0.478 e. The number of carboxylic acids is 1. The van der Waals surface area contributed by atoms with E-state index in [9.17, 15) is 9.59 Å². The molecule has 0 bridgehead atoms. The fourth-order valence-corrected chi connectivity index (χ4v) is 1.72. The zero-order valence-electron chi connectivity index (χ0n) is 10.6. The molecule has 0 aliphatic rings. The van der Waals surface area contributed by atoms with E-state index < -0.39 is 5.97 Å². The van der Waals surface area contributed by atoms with Crippen molar-refractivity contribution in [2.75, 3.05) is 18.5 Å². The van der Waals surface area contributed by atoms with Gasteiger partial charge in [-0.15, -0.1) is 0 Å². The molecule has 0 heterocycles. The highest BCUT2D eigenvalue weighted by Gasteiger charge is 2.09. The number of ether oxygens (including phenoxy) is 1. The Morgan fingerprint density at radius 1 is 1.37 bits per heavy atom. The second-order valence-electron chi connectivity index (χ2n) is 3.91. The summed E-state index contributed by atoms with van der Waals surface area (Å²) in [7, 11) is 0. The predicted octanol–water partition coefficient (Wildman–Crippen LogP) is 2.90. The van der Waals surface area contributed by atoms with Crippen LogP contribution in [0.3, 0.4) is 0 Å². The van der Waals surface area contributed by atoms with Gasteiger partial charge in [0, 0.05) is 11.1 Å². The Labute approximate surface area is 120 Å². The Kier molecular flexibility index (Phi) is 6.52. The Bertz CT molecular complexity index is 462. The van der Waals surface area contributed by atoms with Gasteiger partial charge in [0.2, 0.25) is 5.91 Å². The van der Waals surface area contributed by atoms with Crippen LogP contribution in [0.25, 0.3) is 0 Å². The number of carbonyl (C=O) groups is 2. The molecule has 5 nitrogen and oxygen atoms in total. The molecule has 0 radical (unpaired) electrons. The van der Waals surface area contributed by atoms with Crippen molar-refractivity contribution in [3.8, 4) is 0 Å². The van der Waals surface area contributed by atoms with E-state index in [2.05, 4.69) is 21.2 Å². The summed E-state index contributed by atoms with van der Waals surface area (Å²) in [6, 6.07) is 4.47. The Morgan fingerprint density at radius 3 is 2.74 bits per heavy atom. The van der Waals surface area contributed by atoms with Crippen LogP contribution in [-0.2, 0) is 9.53 Å². The number of rotatable bonds is 7. The van der Waals surface area contributed by atoms with Gasteiger partial charge in [-0.3, -0.25) is 4.79 Å². The Hall–Kier alpha value is -1.40. The van der Waals surface area contributed by atoms with E-state index in [1.807, 2.05) is 6.92 Å². The van der Waals surface area contributed by atoms with Crippen molar-refractivity contribution in [2.24, 2.45) is 0 Å². The van der Waals surface area contributed by atoms with E-state index in [1.165, 1.54) is 12.1 Å². The first-order chi connectivity index (χ1) is 9.04. The number of amides is 1. The van der Waals surface area contributed by atoms with E-state index in [1.54, 1.807) is 6.07 Å². The second kappa shape index (κ2) is 7.91. The van der Waals surface area contributed by atoms with Gasteiger partial charge in [0.15, 0.2) is 0 Å². The molecule has 2 N–H and O–H groups in total. The second-order valence-corrected chi connectivity index (χ2v) is 4.76. The smallest absolute Gasteiger partial charge is 0.335 e. The van der Waals surface area contributed by atoms with Crippen molar-refractivity contribution >= 4 is 33.5 Å². The number of carbonyl (C=O) groups excluding carboxylic acids is 1. The third kappa shape index (κ3) is 5.40. The Morgan fingerprint density at radius 2 is 2.11 bits per heavy atom. The fourth-order valence-electron chi connectivity index (χ4n) is 1.38. The summed E-state index contributed by atoms with van der Waals surface area (Å²) in [6.07, 6.45) is 1.15. The van der Waals surface area contributed by atoms with Crippen LogP contribution in [0, 0.1) is 0 Å². The number of hydrogen-bond donors (Lipinski definition) is 2. The molecule has 19 heavy (non-hydrogen) atoms. The zero-order chi connectivity index (χ0) is 14.3. The molecular formula is C13H16BrNO4. The number of nitrogens with one attached hydrogen (secondary N) is 1. The molecule has 6 heteroatoms. The maximum Gasteiger partial charge on any atom is 0.335 e. The average Bonchev–Trinajstić information content (AvgIpc) is 2.37. The average molecular weight is 330 g/mol. The molecule has 0 unspecified atom stereocenters. The SMILES string of the molecule is CCCOCCC(=O)Nc1cc(C(=O)O)ccc1Br. The van der Waals surface area contributed by atoms with Crippen molar-refractivity contribution < 1.29 is 19.4 Å². The van der Waals surface area contributed by atoms with Gasteiger partial charge in [-0.2, -0.15) is 0 Å². The fraction of sp³-hybridized carbons (Fsp3) is 0.385. The van der Waals surface area contributed by atoms with Crippen LogP contribution in [0.1, 0.15) is 30.1 Å². The lowest BCUT2D eigenvalue weighted by Gasteiger charge is -2.08. The highest BCUT2D eigenvalue weighted by Crippen LogP contribution is 2.23. The van der Waals surface area contributed by atoms with E-state index in [0.29, 0.717) is 23.4 Å². The van der Waals surface area contributed by atoms with Gasteiger partial charge in [-0.1, -0.05) is 6.92 Å². The quantitative estimate of drug-likeness (QED) is 0.754. The lowest BCUT2D eigenvalue weighted by atomic mass is 10.2. The monoisotopic (exact) mass is 329 g/mol. The molecule has 104 valence electrons. The minimum atomic E-state index is -1.03. The molecule has 0 aromatic heterocycles. The largest absolute Gasteiger partial charge is 0.478 e. The third-order valence-electron chi connectivity index (χ3n) is 2.31. The van der Waals surface area contributed by atoms with Crippen LogP contribution in [0.5, 0.6) is 0 Å². The molecule has 0 fully saturated rings. The summed E-state index contributed by atoms with van der Waals surface area (Å²) in [5.74, 6) is -1.24. The van der Waals surface area contributed by atoms with E-state index >= 15 is 0 Å². The number of anilines is 1. The minimum absolute atomic E-state index is 0.126. The molecule has 0 aliphatic carbocycles. The molecule has 1 aromatic carbocycles. The number of carboxylic acid groups (broad SMARTS) is 1. The molecule has 1 aromatic rings. The normalized spacial score (nSPS) is 10.2. The van der Waals surface area contributed by atoms with Gasteiger partial charge in [0.1, 0.15) is 0 Å². The molecule has 0 saturated carbocycles. The van der Waals surface area contributed by atoms with Crippen molar-refractivity contribution in [3.63, 3.8) is 0 Å². The maximum atomic E-state index is 11.6.